The quantitative estimate of drug-likeness (QED) is 0.551. The number of hydrogen-bond acceptors (Lipinski definition) is 7. The van der Waals surface area contributed by atoms with Gasteiger partial charge in [-0.05, 0) is 38.8 Å². The van der Waals surface area contributed by atoms with Gasteiger partial charge in [0.25, 0.3) is 0 Å². The number of nitrogens with zero attached hydrogens (tertiary/aromatic N) is 2. The Morgan fingerprint density at radius 3 is 2.75 bits per heavy atom. The summed E-state index contributed by atoms with van der Waals surface area (Å²) in [7, 11) is 0. The SMILES string of the molecule is CCOC(=O)C1=C(CSc2nnc(C)s2)NC(=O)NC1c1cc(C)ccc1C. The van der Waals surface area contributed by atoms with E-state index in [4.69, 9.17) is 4.74 Å². The molecule has 1 unspecified atom stereocenters. The molecule has 2 heterocycles. The van der Waals surface area contributed by atoms with Crippen LogP contribution in [0.4, 0.5) is 4.79 Å². The number of amides is 2. The van der Waals surface area contributed by atoms with Crippen LogP contribution in [-0.2, 0) is 9.53 Å². The lowest BCUT2D eigenvalue weighted by Gasteiger charge is -2.30. The number of carbonyl (C=O) groups is 2. The van der Waals surface area contributed by atoms with Gasteiger partial charge < -0.3 is 15.4 Å². The second-order valence-corrected chi connectivity index (χ2v) is 8.78. The zero-order chi connectivity index (χ0) is 20.3. The third kappa shape index (κ3) is 4.53. The van der Waals surface area contributed by atoms with Crippen molar-refractivity contribution in [3.05, 3.63) is 51.2 Å². The molecule has 2 aromatic rings. The Bertz CT molecular complexity index is 939. The predicted octanol–water partition coefficient (Wildman–Crippen LogP) is 3.43. The first-order chi connectivity index (χ1) is 13.4. The van der Waals surface area contributed by atoms with Crippen LogP contribution in [0.5, 0.6) is 0 Å². The Labute approximate surface area is 172 Å². The molecule has 9 heteroatoms. The molecule has 2 amide bonds. The Morgan fingerprint density at radius 2 is 2.07 bits per heavy atom. The van der Waals surface area contributed by atoms with Crippen LogP contribution in [0.25, 0.3) is 0 Å². The maximum Gasteiger partial charge on any atom is 0.338 e. The largest absolute Gasteiger partial charge is 0.463 e. The molecule has 0 spiro atoms. The fourth-order valence-electron chi connectivity index (χ4n) is 2.96. The monoisotopic (exact) mass is 418 g/mol. The highest BCUT2D eigenvalue weighted by Crippen LogP contribution is 2.33. The van der Waals surface area contributed by atoms with Crippen molar-refractivity contribution in [2.75, 3.05) is 12.4 Å². The number of aryl methyl sites for hydroxylation is 3. The first-order valence-electron chi connectivity index (χ1n) is 8.86. The fraction of sp³-hybridized carbons (Fsp3) is 0.368. The number of rotatable bonds is 6. The Kier molecular flexibility index (Phi) is 6.35. The summed E-state index contributed by atoms with van der Waals surface area (Å²) in [4.78, 5) is 25.2. The molecule has 0 bridgehead atoms. The fourth-order valence-corrected chi connectivity index (χ4v) is 4.74. The molecule has 1 aromatic heterocycles. The van der Waals surface area contributed by atoms with E-state index in [1.165, 1.54) is 23.1 Å². The zero-order valence-electron chi connectivity index (χ0n) is 16.2. The summed E-state index contributed by atoms with van der Waals surface area (Å²) < 4.78 is 6.08. The van der Waals surface area contributed by atoms with E-state index in [1.807, 2.05) is 39.0 Å². The standard InChI is InChI=1S/C19H22N4O3S2/c1-5-26-17(24)15-14(9-27-19-23-22-12(4)28-19)20-18(25)21-16(15)13-8-10(2)6-7-11(13)3/h6-8,16H,5,9H2,1-4H3,(H2,20,21,25). The normalized spacial score (nSPS) is 16.6. The van der Waals surface area contributed by atoms with Crippen molar-refractivity contribution < 1.29 is 14.3 Å². The Hall–Kier alpha value is -2.39. The van der Waals surface area contributed by atoms with E-state index in [0.717, 1.165) is 26.0 Å². The Morgan fingerprint density at radius 1 is 1.29 bits per heavy atom. The lowest BCUT2D eigenvalue weighted by Crippen LogP contribution is -2.46. The van der Waals surface area contributed by atoms with Crippen LogP contribution in [0.2, 0.25) is 0 Å². The van der Waals surface area contributed by atoms with Crippen LogP contribution in [0, 0.1) is 20.8 Å². The molecule has 28 heavy (non-hydrogen) atoms. The molecule has 1 aromatic carbocycles. The number of thioether (sulfide) groups is 1. The van der Waals surface area contributed by atoms with E-state index >= 15 is 0 Å². The predicted molar refractivity (Wildman–Crippen MR) is 109 cm³/mol. The number of ether oxygens (including phenoxy) is 1. The van der Waals surface area contributed by atoms with E-state index in [9.17, 15) is 9.59 Å². The van der Waals surface area contributed by atoms with Crippen LogP contribution in [0.3, 0.4) is 0 Å². The van der Waals surface area contributed by atoms with Crippen molar-refractivity contribution in [3.8, 4) is 0 Å². The van der Waals surface area contributed by atoms with Crippen LogP contribution in [-0.4, -0.2) is 34.6 Å². The number of urea groups is 1. The van der Waals surface area contributed by atoms with Crippen molar-refractivity contribution in [1.82, 2.24) is 20.8 Å². The smallest absolute Gasteiger partial charge is 0.338 e. The minimum atomic E-state index is -0.570. The van der Waals surface area contributed by atoms with Gasteiger partial charge in [0.1, 0.15) is 5.01 Å². The third-order valence-electron chi connectivity index (χ3n) is 4.24. The summed E-state index contributed by atoms with van der Waals surface area (Å²) in [5.74, 6) is -0.0534. The van der Waals surface area contributed by atoms with Crippen molar-refractivity contribution >= 4 is 35.1 Å². The number of nitrogens with one attached hydrogen (secondary N) is 2. The molecule has 3 rings (SSSR count). The van der Waals surface area contributed by atoms with Gasteiger partial charge in [-0.1, -0.05) is 46.9 Å². The van der Waals surface area contributed by atoms with Crippen molar-refractivity contribution in [2.24, 2.45) is 0 Å². The molecule has 1 atom stereocenters. The van der Waals surface area contributed by atoms with Crippen LogP contribution >= 0.6 is 23.1 Å². The molecule has 0 radical (unpaired) electrons. The van der Waals surface area contributed by atoms with Crippen molar-refractivity contribution in [1.29, 1.82) is 0 Å². The van der Waals surface area contributed by atoms with Crippen LogP contribution in [0.1, 0.15) is 34.7 Å². The highest BCUT2D eigenvalue weighted by atomic mass is 32.2. The lowest BCUT2D eigenvalue weighted by atomic mass is 9.91. The van der Waals surface area contributed by atoms with Crippen LogP contribution < -0.4 is 10.6 Å². The number of hydrogen-bond donors (Lipinski definition) is 2. The van der Waals surface area contributed by atoms with Crippen LogP contribution in [0.15, 0.2) is 33.8 Å². The maximum absolute atomic E-state index is 12.8. The molecule has 2 N–H and O–H groups in total. The zero-order valence-corrected chi connectivity index (χ0v) is 17.8. The second-order valence-electron chi connectivity index (χ2n) is 6.38. The van der Waals surface area contributed by atoms with Gasteiger partial charge in [0, 0.05) is 11.4 Å². The van der Waals surface area contributed by atoms with E-state index in [2.05, 4.69) is 20.8 Å². The van der Waals surface area contributed by atoms with Gasteiger partial charge >= 0.3 is 12.0 Å². The average Bonchev–Trinajstić information content (AvgIpc) is 3.07. The molecule has 7 nitrogen and oxygen atoms in total. The first-order valence-corrected chi connectivity index (χ1v) is 10.7. The topological polar surface area (TPSA) is 93.2 Å². The van der Waals surface area contributed by atoms with Gasteiger partial charge in [0.15, 0.2) is 4.34 Å². The molecule has 148 valence electrons. The number of benzene rings is 1. The molecule has 0 saturated carbocycles. The van der Waals surface area contributed by atoms with E-state index in [-0.39, 0.29) is 12.6 Å². The van der Waals surface area contributed by atoms with Gasteiger partial charge in [0.2, 0.25) is 0 Å². The van der Waals surface area contributed by atoms with Gasteiger partial charge in [-0.2, -0.15) is 0 Å². The average molecular weight is 419 g/mol. The second kappa shape index (κ2) is 8.74. The van der Waals surface area contributed by atoms with Gasteiger partial charge in [-0.3, -0.25) is 0 Å². The number of aromatic nitrogens is 2. The molecule has 1 aliphatic rings. The van der Waals surface area contributed by atoms with E-state index in [0.29, 0.717) is 17.0 Å². The minimum absolute atomic E-state index is 0.256. The van der Waals surface area contributed by atoms with E-state index < -0.39 is 12.0 Å². The van der Waals surface area contributed by atoms with Crippen molar-refractivity contribution in [2.45, 2.75) is 38.1 Å². The first kappa shape index (κ1) is 20.3. The van der Waals surface area contributed by atoms with Gasteiger partial charge in [-0.25, -0.2) is 9.59 Å². The summed E-state index contributed by atoms with van der Waals surface area (Å²) in [5.41, 5.74) is 3.88. The third-order valence-corrected chi connectivity index (χ3v) is 6.24. The molecular weight excluding hydrogens is 396 g/mol. The molecule has 0 fully saturated rings. The minimum Gasteiger partial charge on any atom is -0.463 e. The van der Waals surface area contributed by atoms with Gasteiger partial charge in [0.05, 0.1) is 18.2 Å². The molecule has 0 saturated heterocycles. The molecule has 0 aliphatic carbocycles. The highest BCUT2D eigenvalue weighted by Gasteiger charge is 2.34. The number of carbonyl (C=O) groups excluding carboxylic acids is 2. The van der Waals surface area contributed by atoms with Crippen molar-refractivity contribution in [3.63, 3.8) is 0 Å². The lowest BCUT2D eigenvalue weighted by molar-refractivity contribution is -0.139. The molecule has 1 aliphatic heterocycles. The summed E-state index contributed by atoms with van der Waals surface area (Å²) in [6.45, 7) is 7.84. The van der Waals surface area contributed by atoms with Gasteiger partial charge in [-0.15, -0.1) is 10.2 Å². The highest BCUT2D eigenvalue weighted by molar-refractivity contribution is 8.01. The number of esters is 1. The summed E-state index contributed by atoms with van der Waals surface area (Å²) in [6, 6.07) is 5.07. The van der Waals surface area contributed by atoms with E-state index in [1.54, 1.807) is 6.92 Å². The summed E-state index contributed by atoms with van der Waals surface area (Å²) in [5, 5.41) is 14.6. The Balaban J connectivity index is 2.02. The summed E-state index contributed by atoms with van der Waals surface area (Å²) >= 11 is 2.90. The molecular formula is C19H22N4O3S2. The maximum atomic E-state index is 12.8. The summed E-state index contributed by atoms with van der Waals surface area (Å²) in [6.07, 6.45) is 0.